The Morgan fingerprint density at radius 1 is 1.46 bits per heavy atom. The molecular weight excluding hydrogens is 232 g/mol. The normalized spacial score (nSPS) is 22.4. The van der Waals surface area contributed by atoms with Crippen LogP contribution in [-0.2, 0) is 9.47 Å². The lowest BCUT2D eigenvalue weighted by molar-refractivity contribution is -0.0502. The molecule has 1 rings (SSSR count). The number of hydrogen-bond donors (Lipinski definition) is 0. The Bertz CT molecular complexity index is 140. The van der Waals surface area contributed by atoms with Crippen LogP contribution in [0.15, 0.2) is 0 Å². The minimum Gasteiger partial charge on any atom is -0.382 e. The van der Waals surface area contributed by atoms with E-state index in [1.54, 1.807) is 7.11 Å². The van der Waals surface area contributed by atoms with Crippen molar-refractivity contribution in [3.05, 3.63) is 0 Å². The molecular formula is C10H19BrO2. The Morgan fingerprint density at radius 3 is 2.54 bits per heavy atom. The maximum absolute atomic E-state index is 5.73. The molecule has 0 spiro atoms. The number of alkyl halides is 1. The summed E-state index contributed by atoms with van der Waals surface area (Å²) in [6.07, 6.45) is 4.19. The highest BCUT2D eigenvalue weighted by atomic mass is 79.9. The summed E-state index contributed by atoms with van der Waals surface area (Å²) in [6.45, 7) is 3.63. The van der Waals surface area contributed by atoms with E-state index in [0.717, 1.165) is 11.9 Å². The van der Waals surface area contributed by atoms with Crippen molar-refractivity contribution >= 4 is 15.9 Å². The highest BCUT2D eigenvalue weighted by Gasteiger charge is 2.36. The van der Waals surface area contributed by atoms with Crippen LogP contribution < -0.4 is 0 Å². The maximum Gasteiger partial charge on any atom is 0.0780 e. The van der Waals surface area contributed by atoms with Crippen LogP contribution in [0.4, 0.5) is 0 Å². The van der Waals surface area contributed by atoms with E-state index >= 15 is 0 Å². The molecule has 1 saturated carbocycles. The number of hydrogen-bond acceptors (Lipinski definition) is 2. The topological polar surface area (TPSA) is 18.5 Å². The van der Waals surface area contributed by atoms with Gasteiger partial charge in [0.05, 0.1) is 19.3 Å². The van der Waals surface area contributed by atoms with Gasteiger partial charge < -0.3 is 9.47 Å². The molecule has 0 saturated heterocycles. The molecule has 1 aliphatic carbocycles. The van der Waals surface area contributed by atoms with Crippen molar-refractivity contribution in [1.29, 1.82) is 0 Å². The summed E-state index contributed by atoms with van der Waals surface area (Å²) in [5.41, 5.74) is 0.433. The molecule has 0 amide bonds. The highest BCUT2D eigenvalue weighted by molar-refractivity contribution is 9.09. The average Bonchev–Trinajstić information content (AvgIpc) is 2.04. The zero-order valence-electron chi connectivity index (χ0n) is 8.51. The van der Waals surface area contributed by atoms with E-state index in [1.807, 2.05) is 0 Å². The molecule has 2 nitrogen and oxygen atoms in total. The lowest BCUT2D eigenvalue weighted by Crippen LogP contribution is -2.37. The van der Waals surface area contributed by atoms with Crippen molar-refractivity contribution in [2.75, 3.05) is 25.7 Å². The third kappa shape index (κ3) is 3.22. The monoisotopic (exact) mass is 250 g/mol. The molecule has 1 unspecified atom stereocenters. The third-order valence-electron chi connectivity index (χ3n) is 2.77. The Morgan fingerprint density at radius 2 is 2.15 bits per heavy atom. The van der Waals surface area contributed by atoms with E-state index in [9.17, 15) is 0 Å². The second-order valence-electron chi connectivity index (χ2n) is 4.06. The molecule has 1 fully saturated rings. The van der Waals surface area contributed by atoms with Crippen LogP contribution in [0.1, 0.15) is 26.2 Å². The van der Waals surface area contributed by atoms with E-state index in [-0.39, 0.29) is 6.10 Å². The van der Waals surface area contributed by atoms with Crippen molar-refractivity contribution in [2.45, 2.75) is 32.3 Å². The minimum absolute atomic E-state index is 0.224. The van der Waals surface area contributed by atoms with E-state index in [4.69, 9.17) is 9.47 Å². The number of halogens is 1. The van der Waals surface area contributed by atoms with Gasteiger partial charge in [0, 0.05) is 17.9 Å². The molecule has 0 bridgehead atoms. The number of methoxy groups -OCH3 is 1. The first kappa shape index (κ1) is 11.5. The third-order valence-corrected chi connectivity index (χ3v) is 3.96. The van der Waals surface area contributed by atoms with Crippen LogP contribution in [-0.4, -0.2) is 31.8 Å². The van der Waals surface area contributed by atoms with Crippen molar-refractivity contribution in [3.8, 4) is 0 Å². The number of ether oxygens (including phenoxy) is 2. The van der Waals surface area contributed by atoms with Gasteiger partial charge in [0.25, 0.3) is 0 Å². The molecule has 0 aromatic rings. The molecule has 0 N–H and O–H groups in total. The summed E-state index contributed by atoms with van der Waals surface area (Å²) in [7, 11) is 1.71. The van der Waals surface area contributed by atoms with Gasteiger partial charge in [-0.05, 0) is 19.8 Å². The van der Waals surface area contributed by atoms with Crippen molar-refractivity contribution < 1.29 is 9.47 Å². The van der Waals surface area contributed by atoms with Gasteiger partial charge in [0.1, 0.15) is 0 Å². The van der Waals surface area contributed by atoms with Crippen LogP contribution in [0, 0.1) is 5.41 Å². The van der Waals surface area contributed by atoms with Gasteiger partial charge in [0.15, 0.2) is 0 Å². The molecule has 0 aromatic carbocycles. The maximum atomic E-state index is 5.73. The summed E-state index contributed by atoms with van der Waals surface area (Å²) in [6, 6.07) is 0. The van der Waals surface area contributed by atoms with Gasteiger partial charge in [-0.15, -0.1) is 0 Å². The van der Waals surface area contributed by atoms with Crippen LogP contribution in [0.25, 0.3) is 0 Å². The predicted octanol–water partition coefficient (Wildman–Crippen LogP) is 2.60. The van der Waals surface area contributed by atoms with Gasteiger partial charge in [-0.2, -0.15) is 0 Å². The Hall–Kier alpha value is 0.400. The van der Waals surface area contributed by atoms with Gasteiger partial charge in [-0.25, -0.2) is 0 Å². The fourth-order valence-electron chi connectivity index (χ4n) is 1.60. The molecule has 0 aromatic heterocycles. The first-order chi connectivity index (χ1) is 6.22. The zero-order chi connectivity index (χ0) is 9.73. The van der Waals surface area contributed by atoms with Crippen LogP contribution >= 0.6 is 15.9 Å². The molecule has 0 heterocycles. The van der Waals surface area contributed by atoms with Gasteiger partial charge in [-0.1, -0.05) is 22.4 Å². The highest BCUT2D eigenvalue weighted by Crippen LogP contribution is 2.42. The van der Waals surface area contributed by atoms with E-state index in [1.165, 1.54) is 19.3 Å². The molecule has 1 atom stereocenters. The first-order valence-corrected chi connectivity index (χ1v) is 6.01. The standard InChI is InChI=1S/C10H19BrO2/c1-9(6-12-2)13-8-10(7-11)4-3-5-10/h9H,3-8H2,1-2H3. The zero-order valence-corrected chi connectivity index (χ0v) is 10.1. The molecule has 78 valence electrons. The van der Waals surface area contributed by atoms with Crippen molar-refractivity contribution in [2.24, 2.45) is 5.41 Å². The second kappa shape index (κ2) is 5.32. The predicted molar refractivity (Wildman–Crippen MR) is 57.4 cm³/mol. The van der Waals surface area contributed by atoms with E-state index in [0.29, 0.717) is 12.0 Å². The van der Waals surface area contributed by atoms with E-state index in [2.05, 4.69) is 22.9 Å². The molecule has 0 aliphatic heterocycles. The lowest BCUT2D eigenvalue weighted by Gasteiger charge is -2.40. The fraction of sp³-hybridized carbons (Fsp3) is 1.00. The summed E-state index contributed by atoms with van der Waals surface area (Å²) >= 11 is 3.56. The molecule has 0 radical (unpaired) electrons. The Kier molecular flexibility index (Phi) is 4.70. The van der Waals surface area contributed by atoms with E-state index < -0.39 is 0 Å². The Balaban J connectivity index is 2.16. The summed E-state index contributed by atoms with van der Waals surface area (Å²) in [5.74, 6) is 0. The fourth-order valence-corrected chi connectivity index (χ4v) is 2.32. The summed E-state index contributed by atoms with van der Waals surface area (Å²) < 4.78 is 10.7. The van der Waals surface area contributed by atoms with Gasteiger partial charge in [-0.3, -0.25) is 0 Å². The van der Waals surface area contributed by atoms with Gasteiger partial charge >= 0.3 is 0 Å². The summed E-state index contributed by atoms with van der Waals surface area (Å²) in [5, 5.41) is 1.07. The van der Waals surface area contributed by atoms with Crippen LogP contribution in [0.5, 0.6) is 0 Å². The molecule has 3 heteroatoms. The lowest BCUT2D eigenvalue weighted by atomic mass is 9.71. The first-order valence-electron chi connectivity index (χ1n) is 4.89. The van der Waals surface area contributed by atoms with Crippen LogP contribution in [0.3, 0.4) is 0 Å². The Labute approximate surface area is 89.1 Å². The summed E-state index contributed by atoms with van der Waals surface area (Å²) in [4.78, 5) is 0. The van der Waals surface area contributed by atoms with Crippen molar-refractivity contribution in [3.63, 3.8) is 0 Å². The average molecular weight is 251 g/mol. The number of rotatable bonds is 6. The molecule has 1 aliphatic rings. The molecule has 13 heavy (non-hydrogen) atoms. The second-order valence-corrected chi connectivity index (χ2v) is 4.62. The smallest absolute Gasteiger partial charge is 0.0780 e. The largest absolute Gasteiger partial charge is 0.382 e. The SMILES string of the molecule is COCC(C)OCC1(CBr)CCC1. The van der Waals surface area contributed by atoms with Crippen LogP contribution in [0.2, 0.25) is 0 Å². The minimum atomic E-state index is 0.224. The quantitative estimate of drug-likeness (QED) is 0.675. The van der Waals surface area contributed by atoms with Crippen molar-refractivity contribution in [1.82, 2.24) is 0 Å². The van der Waals surface area contributed by atoms with Gasteiger partial charge in [0.2, 0.25) is 0 Å².